The van der Waals surface area contributed by atoms with Gasteiger partial charge in [-0.15, -0.1) is 0 Å². The van der Waals surface area contributed by atoms with E-state index in [-0.39, 0.29) is 28.7 Å². The molecule has 0 aliphatic heterocycles. The molecule has 3 heterocycles. The number of rotatable bonds is 9. The summed E-state index contributed by atoms with van der Waals surface area (Å²) in [6.07, 6.45) is 7.48. The lowest BCUT2D eigenvalue weighted by Gasteiger charge is -2.27. The van der Waals surface area contributed by atoms with Gasteiger partial charge in [0.2, 0.25) is 12.2 Å². The Kier molecular flexibility index (Phi) is 9.56. The first kappa shape index (κ1) is 29.9. The molecule has 0 aliphatic rings. The lowest BCUT2D eigenvalue weighted by molar-refractivity contribution is -0.898. The van der Waals surface area contributed by atoms with E-state index < -0.39 is 4.92 Å². The molecule has 1 amide bonds. The molecule has 0 radical (unpaired) electrons. The Balaban J connectivity index is 0.00000420. The highest BCUT2D eigenvalue weighted by Gasteiger charge is 2.26. The fourth-order valence-electron chi connectivity index (χ4n) is 3.70. The molecule has 0 atom stereocenters. The predicted molar refractivity (Wildman–Crippen MR) is 145 cm³/mol. The fourth-order valence-corrected chi connectivity index (χ4v) is 4.00. The number of hydrogen-bond donors (Lipinski definition) is 2. The first-order valence-corrected chi connectivity index (χ1v) is 12.0. The molecule has 1 aromatic carbocycles. The minimum atomic E-state index is -0.494. The van der Waals surface area contributed by atoms with Crippen molar-refractivity contribution < 1.29 is 31.2 Å². The van der Waals surface area contributed by atoms with E-state index in [2.05, 4.69) is 30.6 Å². The summed E-state index contributed by atoms with van der Waals surface area (Å²) in [7, 11) is 5.53. The van der Waals surface area contributed by atoms with Gasteiger partial charge in [-0.3, -0.25) is 4.79 Å². The van der Waals surface area contributed by atoms with Crippen LogP contribution in [-0.4, -0.2) is 60.5 Å². The van der Waals surface area contributed by atoms with Crippen LogP contribution in [0.25, 0.3) is 10.9 Å². The third-order valence-electron chi connectivity index (χ3n) is 5.61. The zero-order chi connectivity index (χ0) is 27.4. The third kappa shape index (κ3) is 7.47. The van der Waals surface area contributed by atoms with Gasteiger partial charge in [0.15, 0.2) is 5.69 Å². The van der Waals surface area contributed by atoms with Crippen molar-refractivity contribution in [2.24, 2.45) is 7.05 Å². The highest BCUT2D eigenvalue weighted by Crippen LogP contribution is 2.29. The number of aryl methyl sites for hydroxylation is 1. The Morgan fingerprint density at radius 2 is 1.92 bits per heavy atom. The molecule has 3 aromatic heterocycles. The number of carbonyl (C=O) groups excluding carboxylic acids is 1. The number of benzene rings is 1. The van der Waals surface area contributed by atoms with E-state index >= 15 is 0 Å². The number of nitrogens with one attached hydrogen (secondary N) is 2. The van der Waals surface area contributed by atoms with Gasteiger partial charge in [-0.05, 0) is 40.2 Å². The predicted octanol–water partition coefficient (Wildman–Crippen LogP) is 1.49. The van der Waals surface area contributed by atoms with Crippen molar-refractivity contribution in [1.82, 2.24) is 24.5 Å². The average Bonchev–Trinajstić information content (AvgIpc) is 3.21. The second-order valence-electron chi connectivity index (χ2n) is 9.11. The Hall–Kier alpha value is -3.65. The fraction of sp³-hybridized carbons (Fsp3) is 0.208. The molecule has 0 aliphatic carbocycles. The van der Waals surface area contributed by atoms with Gasteiger partial charge in [-0.25, -0.2) is 15.0 Å². The smallest absolute Gasteiger partial charge is 0.390 e. The Morgan fingerprint density at radius 1 is 1.15 bits per heavy atom. The van der Waals surface area contributed by atoms with Gasteiger partial charge in [0.05, 0.1) is 42.4 Å². The van der Waals surface area contributed by atoms with Crippen LogP contribution in [0.2, 0.25) is 10.0 Å². The van der Waals surface area contributed by atoms with E-state index in [4.69, 9.17) is 23.2 Å². The van der Waals surface area contributed by atoms with Crippen LogP contribution in [0.3, 0.4) is 0 Å². The van der Waals surface area contributed by atoms with Crippen LogP contribution in [0.5, 0.6) is 0 Å². The molecule has 39 heavy (non-hydrogen) atoms. The van der Waals surface area contributed by atoms with Gasteiger partial charge in [-0.2, -0.15) is 0 Å². The van der Waals surface area contributed by atoms with Gasteiger partial charge >= 0.3 is 5.82 Å². The summed E-state index contributed by atoms with van der Waals surface area (Å²) >= 11 is 12.1. The zero-order valence-corrected chi connectivity index (χ0v) is 24.2. The zero-order valence-electron chi connectivity index (χ0n) is 21.1. The molecule has 4 aromatic rings. The molecular weight excluding hydrogens is 613 g/mol. The van der Waals surface area contributed by atoms with Crippen molar-refractivity contribution >= 4 is 63.2 Å². The highest BCUT2D eigenvalue weighted by molar-refractivity contribution is 6.42. The number of quaternary nitrogens is 1. The van der Waals surface area contributed by atoms with Crippen molar-refractivity contribution in [2.45, 2.75) is 6.54 Å². The molecule has 0 spiro atoms. The Labute approximate surface area is 244 Å². The van der Waals surface area contributed by atoms with Crippen molar-refractivity contribution in [2.75, 3.05) is 31.3 Å². The molecule has 0 saturated carbocycles. The maximum absolute atomic E-state index is 12.6. The normalized spacial score (nSPS) is 11.4. The number of imidazole rings is 1. The van der Waals surface area contributed by atoms with Crippen LogP contribution >= 0.6 is 23.2 Å². The number of pyridine rings is 1. The number of anilines is 3. The van der Waals surface area contributed by atoms with E-state index in [1.807, 2.05) is 14.1 Å². The summed E-state index contributed by atoms with van der Waals surface area (Å²) in [5, 5.41) is 18.6. The maximum atomic E-state index is 12.6. The monoisotopic (exact) mass is 635 g/mol. The summed E-state index contributed by atoms with van der Waals surface area (Å²) in [6.45, 7) is 0.812. The lowest BCUT2D eigenvalue weighted by atomic mass is 10.2. The van der Waals surface area contributed by atoms with E-state index in [9.17, 15) is 14.9 Å². The summed E-state index contributed by atoms with van der Waals surface area (Å²) in [5.41, 5.74) is 1.77. The minimum absolute atomic E-state index is 0. The number of hydrogen-bond acceptors (Lipinski definition) is 8. The number of amides is 1. The molecule has 0 bridgehead atoms. The summed E-state index contributed by atoms with van der Waals surface area (Å²) < 4.78 is 2.01. The second-order valence-corrected chi connectivity index (χ2v) is 9.93. The number of nitrogens with zero attached hydrogens (tertiary/aromatic N) is 7. The van der Waals surface area contributed by atoms with Crippen molar-refractivity contribution in [1.29, 1.82) is 0 Å². The van der Waals surface area contributed by atoms with Crippen LogP contribution in [0.15, 0.2) is 55.3 Å². The number of likely N-dealkylation sites (N-methyl/N-ethyl adjacent to an activating group) is 1. The summed E-state index contributed by atoms with van der Waals surface area (Å²) in [5.74, 6) is 0.280. The lowest BCUT2D eigenvalue weighted by Crippen LogP contribution is -3.00. The second kappa shape index (κ2) is 12.5. The van der Waals surface area contributed by atoms with Gasteiger partial charge in [0.25, 0.3) is 0 Å². The van der Waals surface area contributed by atoms with Crippen LogP contribution in [0, 0.1) is 10.1 Å². The molecule has 2 N–H and O–H groups in total. The van der Waals surface area contributed by atoms with Gasteiger partial charge in [0, 0.05) is 24.2 Å². The molecule has 4 rings (SSSR count). The van der Waals surface area contributed by atoms with Gasteiger partial charge in [-0.1, -0.05) is 23.2 Å². The van der Waals surface area contributed by atoms with E-state index in [1.54, 1.807) is 42.0 Å². The topological polar surface area (TPSA) is 141 Å². The molecule has 0 unspecified atom stereocenters. The highest BCUT2D eigenvalue weighted by atomic mass is 79.9. The summed E-state index contributed by atoms with van der Waals surface area (Å²) in [4.78, 5) is 40.0. The number of aromatic nitrogens is 5. The SMILES string of the molecule is Cn1cnc([N+](=O)[O-])c1C[N+](C)(C)C/C=C/C(=O)Nc1cc2c(Nc3ccc(Cl)c(Cl)c3)ncnc2cn1.[Br-]. The van der Waals surface area contributed by atoms with Crippen LogP contribution < -0.4 is 27.6 Å². The van der Waals surface area contributed by atoms with Crippen molar-refractivity contribution in [3.8, 4) is 0 Å². The van der Waals surface area contributed by atoms with E-state index in [0.29, 0.717) is 61.5 Å². The molecule has 0 saturated heterocycles. The number of carbonyl (C=O) groups is 1. The largest absolute Gasteiger partial charge is 1.00 e. The first-order valence-electron chi connectivity index (χ1n) is 11.3. The first-order chi connectivity index (χ1) is 18.0. The third-order valence-corrected chi connectivity index (χ3v) is 6.35. The van der Waals surface area contributed by atoms with E-state index in [0.717, 1.165) is 0 Å². The number of fused-ring (bicyclic) bond motifs is 1. The van der Waals surface area contributed by atoms with Crippen LogP contribution in [0.4, 0.5) is 23.1 Å². The number of halogens is 3. The molecule has 0 fully saturated rings. The van der Waals surface area contributed by atoms with Gasteiger partial charge in [0.1, 0.15) is 24.5 Å². The molecule has 15 heteroatoms. The Bertz CT molecular complexity index is 1560. The average molecular weight is 637 g/mol. The minimum Gasteiger partial charge on any atom is -1.00 e. The summed E-state index contributed by atoms with van der Waals surface area (Å²) in [6, 6.07) is 6.79. The van der Waals surface area contributed by atoms with E-state index in [1.165, 1.54) is 24.9 Å². The quantitative estimate of drug-likeness (QED) is 0.122. The molecule has 204 valence electrons. The Morgan fingerprint density at radius 3 is 2.64 bits per heavy atom. The van der Waals surface area contributed by atoms with Crippen molar-refractivity contribution in [3.05, 3.63) is 81.1 Å². The van der Waals surface area contributed by atoms with Gasteiger partial charge < -0.3 is 46.8 Å². The molecular formula is C24H24BrCl2N9O3. The van der Waals surface area contributed by atoms with Crippen LogP contribution in [-0.2, 0) is 18.4 Å². The maximum Gasteiger partial charge on any atom is 0.390 e. The van der Waals surface area contributed by atoms with Crippen LogP contribution in [0.1, 0.15) is 5.69 Å². The number of nitro groups is 1. The molecule has 12 nitrogen and oxygen atoms in total. The standard InChI is InChI=1S/C24H23Cl2N9O3.BrH/c1-33-14-30-24(34(37)38)20(33)12-35(2,3)8-4-5-22(36)32-21-10-16-19(11-27-21)28-13-29-23(16)31-15-6-7-17(25)18(26)9-15;/h4-7,9-11,13-14H,8,12H2,1-3H3,(H-,27,28,29,31,32,36);1H/b5-4+;. The van der Waals surface area contributed by atoms with Crippen molar-refractivity contribution in [3.63, 3.8) is 0 Å².